The maximum absolute atomic E-state index is 12.2. The van der Waals surface area contributed by atoms with E-state index in [0.29, 0.717) is 25.4 Å². The number of hydrogen-bond donors (Lipinski definition) is 2. The Morgan fingerprint density at radius 3 is 2.72 bits per heavy atom. The number of carbonyl (C=O) groups excluding carboxylic acids is 1. The molecule has 0 aromatic carbocycles. The van der Waals surface area contributed by atoms with E-state index in [0.717, 1.165) is 18.7 Å². The van der Waals surface area contributed by atoms with Crippen LogP contribution in [0.1, 0.15) is 38.9 Å². The zero-order chi connectivity index (χ0) is 13.4. The van der Waals surface area contributed by atoms with Crippen LogP contribution in [-0.4, -0.2) is 39.0 Å². The van der Waals surface area contributed by atoms with Gasteiger partial charge < -0.3 is 15.0 Å². The van der Waals surface area contributed by atoms with Crippen molar-refractivity contribution in [3.8, 4) is 0 Å². The summed E-state index contributed by atoms with van der Waals surface area (Å²) in [6.07, 6.45) is 5.97. The molecule has 0 radical (unpaired) electrons. The Morgan fingerprint density at radius 1 is 1.50 bits per heavy atom. The Kier molecular flexibility index (Phi) is 6.43. The summed E-state index contributed by atoms with van der Waals surface area (Å²) < 4.78 is 0. The molecule has 2 N–H and O–H groups in total. The van der Waals surface area contributed by atoms with Gasteiger partial charge in [-0.25, -0.2) is 4.98 Å². The van der Waals surface area contributed by atoms with E-state index in [-0.39, 0.29) is 12.5 Å². The Morgan fingerprint density at radius 2 is 2.22 bits per heavy atom. The highest BCUT2D eigenvalue weighted by molar-refractivity contribution is 5.76. The lowest BCUT2D eigenvalue weighted by Crippen LogP contribution is -2.34. The summed E-state index contributed by atoms with van der Waals surface area (Å²) in [6.45, 7) is 4.98. The molecule has 0 bridgehead atoms. The molecule has 0 aliphatic carbocycles. The minimum Gasteiger partial charge on any atom is -0.395 e. The van der Waals surface area contributed by atoms with Gasteiger partial charge in [-0.2, -0.15) is 0 Å². The second kappa shape index (κ2) is 7.87. The molecule has 18 heavy (non-hydrogen) atoms. The molecule has 5 nitrogen and oxygen atoms in total. The molecule has 0 spiro atoms. The van der Waals surface area contributed by atoms with E-state index in [4.69, 9.17) is 5.11 Å². The number of imidazole rings is 1. The van der Waals surface area contributed by atoms with E-state index in [9.17, 15) is 4.79 Å². The fourth-order valence-electron chi connectivity index (χ4n) is 1.93. The lowest BCUT2D eigenvalue weighted by atomic mass is 9.99. The first kappa shape index (κ1) is 14.7. The third kappa shape index (κ3) is 4.49. The molecule has 0 fully saturated rings. The number of nitrogens with one attached hydrogen (secondary N) is 1. The molecule has 0 aliphatic rings. The van der Waals surface area contributed by atoms with Crippen LogP contribution in [0.2, 0.25) is 0 Å². The Bertz CT molecular complexity index is 334. The van der Waals surface area contributed by atoms with Gasteiger partial charge in [0.1, 0.15) is 5.82 Å². The minimum atomic E-state index is -0.0185. The van der Waals surface area contributed by atoms with Crippen molar-refractivity contribution in [3.05, 3.63) is 18.2 Å². The summed E-state index contributed by atoms with van der Waals surface area (Å²) in [5.41, 5.74) is 0. The number of aromatic amines is 1. The molecule has 5 heteroatoms. The standard InChI is InChI=1S/C13H23N3O2/c1-3-11(4-2)9-13(18)16(7-8-17)10-12-14-5-6-15-12/h5-6,11,17H,3-4,7-10H2,1-2H3,(H,14,15). The van der Waals surface area contributed by atoms with E-state index in [1.807, 2.05) is 0 Å². The average molecular weight is 253 g/mol. The largest absolute Gasteiger partial charge is 0.395 e. The molecule has 0 aliphatic heterocycles. The normalized spacial score (nSPS) is 10.9. The van der Waals surface area contributed by atoms with Crippen LogP contribution in [0.3, 0.4) is 0 Å². The summed E-state index contributed by atoms with van der Waals surface area (Å²) in [7, 11) is 0. The third-order valence-corrected chi connectivity index (χ3v) is 3.24. The number of amides is 1. The van der Waals surface area contributed by atoms with Gasteiger partial charge in [0.2, 0.25) is 5.91 Å². The third-order valence-electron chi connectivity index (χ3n) is 3.24. The highest BCUT2D eigenvalue weighted by Crippen LogP contribution is 2.15. The van der Waals surface area contributed by atoms with Gasteiger partial charge in [-0.05, 0) is 5.92 Å². The van der Waals surface area contributed by atoms with Crippen molar-refractivity contribution in [2.24, 2.45) is 5.92 Å². The van der Waals surface area contributed by atoms with Gasteiger partial charge in [-0.3, -0.25) is 4.79 Å². The molecule has 1 amide bonds. The molecular formula is C13H23N3O2. The summed E-state index contributed by atoms with van der Waals surface area (Å²) in [5, 5.41) is 9.04. The Hall–Kier alpha value is -1.36. The molecular weight excluding hydrogens is 230 g/mol. The topological polar surface area (TPSA) is 69.2 Å². The molecule has 1 aromatic rings. The zero-order valence-electron chi connectivity index (χ0n) is 11.2. The van der Waals surface area contributed by atoms with Gasteiger partial charge in [-0.15, -0.1) is 0 Å². The number of aliphatic hydroxyl groups is 1. The van der Waals surface area contributed by atoms with Gasteiger partial charge >= 0.3 is 0 Å². The first-order valence-corrected chi connectivity index (χ1v) is 6.58. The van der Waals surface area contributed by atoms with Crippen molar-refractivity contribution >= 4 is 5.91 Å². The van der Waals surface area contributed by atoms with Crippen LogP contribution >= 0.6 is 0 Å². The smallest absolute Gasteiger partial charge is 0.223 e. The molecule has 0 saturated carbocycles. The lowest BCUT2D eigenvalue weighted by Gasteiger charge is -2.23. The van der Waals surface area contributed by atoms with Gasteiger partial charge in [0.05, 0.1) is 13.2 Å². The number of aromatic nitrogens is 2. The van der Waals surface area contributed by atoms with E-state index in [1.165, 1.54) is 0 Å². The number of carbonyl (C=O) groups is 1. The number of H-pyrrole nitrogens is 1. The van der Waals surface area contributed by atoms with Crippen molar-refractivity contribution in [1.29, 1.82) is 0 Å². The van der Waals surface area contributed by atoms with Gasteiger partial charge in [0, 0.05) is 25.4 Å². The van der Waals surface area contributed by atoms with Crippen LogP contribution in [0.5, 0.6) is 0 Å². The van der Waals surface area contributed by atoms with E-state index in [1.54, 1.807) is 17.3 Å². The molecule has 1 aromatic heterocycles. The number of rotatable bonds is 8. The average Bonchev–Trinajstić information content (AvgIpc) is 2.88. The Balaban J connectivity index is 2.57. The second-order valence-electron chi connectivity index (χ2n) is 4.46. The lowest BCUT2D eigenvalue weighted by molar-refractivity contribution is -0.133. The highest BCUT2D eigenvalue weighted by atomic mass is 16.3. The van der Waals surface area contributed by atoms with Gasteiger partial charge in [0.15, 0.2) is 0 Å². The number of hydrogen-bond acceptors (Lipinski definition) is 3. The number of aliphatic hydroxyl groups excluding tert-OH is 1. The fraction of sp³-hybridized carbons (Fsp3) is 0.692. The first-order chi connectivity index (χ1) is 8.71. The Labute approximate surface area is 108 Å². The second-order valence-corrected chi connectivity index (χ2v) is 4.46. The monoisotopic (exact) mass is 253 g/mol. The predicted molar refractivity (Wildman–Crippen MR) is 69.8 cm³/mol. The van der Waals surface area contributed by atoms with Gasteiger partial charge in [0.25, 0.3) is 0 Å². The van der Waals surface area contributed by atoms with Crippen LogP contribution in [0.4, 0.5) is 0 Å². The van der Waals surface area contributed by atoms with E-state index >= 15 is 0 Å². The van der Waals surface area contributed by atoms with Crippen LogP contribution in [0, 0.1) is 5.92 Å². The van der Waals surface area contributed by atoms with Crippen molar-refractivity contribution < 1.29 is 9.90 Å². The predicted octanol–water partition coefficient (Wildman–Crippen LogP) is 1.56. The van der Waals surface area contributed by atoms with Gasteiger partial charge in [-0.1, -0.05) is 26.7 Å². The van der Waals surface area contributed by atoms with Crippen LogP contribution in [0.25, 0.3) is 0 Å². The summed E-state index contributed by atoms with van der Waals surface area (Å²) in [5.74, 6) is 1.27. The van der Waals surface area contributed by atoms with E-state index in [2.05, 4.69) is 23.8 Å². The molecule has 102 valence electrons. The summed E-state index contributed by atoms with van der Waals surface area (Å²) >= 11 is 0. The first-order valence-electron chi connectivity index (χ1n) is 6.58. The van der Waals surface area contributed by atoms with Crippen molar-refractivity contribution in [3.63, 3.8) is 0 Å². The number of nitrogens with zero attached hydrogens (tertiary/aromatic N) is 2. The highest BCUT2D eigenvalue weighted by Gasteiger charge is 2.17. The van der Waals surface area contributed by atoms with Crippen molar-refractivity contribution in [1.82, 2.24) is 14.9 Å². The zero-order valence-corrected chi connectivity index (χ0v) is 11.2. The molecule has 0 saturated heterocycles. The molecule has 1 heterocycles. The van der Waals surface area contributed by atoms with Crippen LogP contribution < -0.4 is 0 Å². The molecule has 0 atom stereocenters. The minimum absolute atomic E-state index is 0.0185. The quantitative estimate of drug-likeness (QED) is 0.738. The van der Waals surface area contributed by atoms with Crippen molar-refractivity contribution in [2.45, 2.75) is 39.7 Å². The summed E-state index contributed by atoms with van der Waals surface area (Å²) in [6, 6.07) is 0. The molecule has 0 unspecified atom stereocenters. The van der Waals surface area contributed by atoms with E-state index < -0.39 is 0 Å². The fourth-order valence-corrected chi connectivity index (χ4v) is 1.93. The maximum Gasteiger partial charge on any atom is 0.223 e. The van der Waals surface area contributed by atoms with Crippen LogP contribution in [-0.2, 0) is 11.3 Å². The maximum atomic E-state index is 12.2. The van der Waals surface area contributed by atoms with Crippen molar-refractivity contribution in [2.75, 3.05) is 13.2 Å². The van der Waals surface area contributed by atoms with Crippen LogP contribution in [0.15, 0.2) is 12.4 Å². The summed E-state index contributed by atoms with van der Waals surface area (Å²) in [4.78, 5) is 20.9. The SMILES string of the molecule is CCC(CC)CC(=O)N(CCO)Cc1ncc[nH]1. The molecule has 1 rings (SSSR count).